The van der Waals surface area contributed by atoms with Crippen molar-refractivity contribution in [3.8, 4) is 5.75 Å². The fourth-order valence-corrected chi connectivity index (χ4v) is 1.49. The van der Waals surface area contributed by atoms with Crippen LogP contribution in [0.2, 0.25) is 0 Å². The first-order valence-corrected chi connectivity index (χ1v) is 6.14. The van der Waals surface area contributed by atoms with Crippen LogP contribution in [-0.2, 0) is 0 Å². The summed E-state index contributed by atoms with van der Waals surface area (Å²) in [5, 5.41) is 8.74. The number of carboxylic acid groups (broad SMARTS) is 1. The van der Waals surface area contributed by atoms with Crippen LogP contribution in [0.15, 0.2) is 18.2 Å². The SMILES string of the molecule is CP(C)Oc1cc(C(=O)O)ccc1N. The smallest absolute Gasteiger partial charge is 0.335 e. The van der Waals surface area contributed by atoms with E-state index in [4.69, 9.17) is 15.4 Å². The third-order valence-electron chi connectivity index (χ3n) is 1.54. The number of rotatable bonds is 3. The number of carbonyl (C=O) groups is 1. The summed E-state index contributed by atoms with van der Waals surface area (Å²) in [7, 11) is -0.598. The normalized spacial score (nSPS) is 10.2. The highest BCUT2D eigenvalue weighted by Crippen LogP contribution is 2.34. The number of hydrogen-bond donors (Lipinski definition) is 2. The number of carboxylic acids is 1. The van der Waals surface area contributed by atoms with Gasteiger partial charge in [-0.15, -0.1) is 0 Å². The van der Waals surface area contributed by atoms with Crippen molar-refractivity contribution in [1.29, 1.82) is 0 Å². The van der Waals surface area contributed by atoms with Gasteiger partial charge in [0.15, 0.2) is 0 Å². The maximum atomic E-state index is 10.7. The molecule has 4 nitrogen and oxygen atoms in total. The van der Waals surface area contributed by atoms with Crippen LogP contribution >= 0.6 is 8.15 Å². The summed E-state index contributed by atoms with van der Waals surface area (Å²) in [6.45, 7) is 3.84. The van der Waals surface area contributed by atoms with Crippen molar-refractivity contribution in [1.82, 2.24) is 0 Å². The summed E-state index contributed by atoms with van der Waals surface area (Å²) < 4.78 is 5.41. The average molecular weight is 213 g/mol. The molecule has 0 radical (unpaired) electrons. The molecule has 0 aliphatic carbocycles. The highest BCUT2D eigenvalue weighted by atomic mass is 31.1. The molecule has 0 spiro atoms. The predicted octanol–water partition coefficient (Wildman–Crippen LogP) is 2.00. The molecule has 0 saturated carbocycles. The van der Waals surface area contributed by atoms with Gasteiger partial charge in [0.25, 0.3) is 0 Å². The fourth-order valence-electron chi connectivity index (χ4n) is 0.943. The van der Waals surface area contributed by atoms with Gasteiger partial charge >= 0.3 is 5.97 Å². The minimum absolute atomic E-state index is 0.186. The maximum absolute atomic E-state index is 10.7. The highest BCUT2D eigenvalue weighted by molar-refractivity contribution is 7.51. The van der Waals surface area contributed by atoms with Gasteiger partial charge in [0.2, 0.25) is 0 Å². The van der Waals surface area contributed by atoms with Crippen molar-refractivity contribution in [3.63, 3.8) is 0 Å². The maximum Gasteiger partial charge on any atom is 0.335 e. The molecule has 0 amide bonds. The lowest BCUT2D eigenvalue weighted by atomic mass is 10.2. The topological polar surface area (TPSA) is 72.5 Å². The Morgan fingerprint density at radius 3 is 2.64 bits per heavy atom. The molecule has 1 rings (SSSR count). The van der Waals surface area contributed by atoms with Crippen LogP contribution in [0.4, 0.5) is 5.69 Å². The van der Waals surface area contributed by atoms with Gasteiger partial charge < -0.3 is 15.4 Å². The summed E-state index contributed by atoms with van der Waals surface area (Å²) >= 11 is 0. The number of anilines is 1. The van der Waals surface area contributed by atoms with Crippen LogP contribution in [-0.4, -0.2) is 24.4 Å². The van der Waals surface area contributed by atoms with Crippen molar-refractivity contribution >= 4 is 19.8 Å². The van der Waals surface area contributed by atoms with E-state index < -0.39 is 14.1 Å². The zero-order valence-electron chi connectivity index (χ0n) is 8.02. The van der Waals surface area contributed by atoms with Gasteiger partial charge in [-0.25, -0.2) is 4.79 Å². The Bertz CT molecular complexity index is 352. The molecule has 1 aromatic carbocycles. The molecule has 0 aromatic heterocycles. The third kappa shape index (κ3) is 2.60. The van der Waals surface area contributed by atoms with Crippen LogP contribution in [0.5, 0.6) is 5.75 Å². The summed E-state index contributed by atoms with van der Waals surface area (Å²) in [6, 6.07) is 4.44. The zero-order chi connectivity index (χ0) is 10.7. The largest absolute Gasteiger partial charge is 0.478 e. The van der Waals surface area contributed by atoms with Gasteiger partial charge in [0, 0.05) is 0 Å². The Morgan fingerprint density at radius 2 is 2.14 bits per heavy atom. The number of nitrogens with two attached hydrogens (primary N) is 1. The molecule has 76 valence electrons. The van der Waals surface area contributed by atoms with E-state index in [0.29, 0.717) is 11.4 Å². The second-order valence-corrected chi connectivity index (χ2v) is 4.77. The van der Waals surface area contributed by atoms with Gasteiger partial charge in [0.1, 0.15) is 5.75 Å². The van der Waals surface area contributed by atoms with Crippen LogP contribution in [0.1, 0.15) is 10.4 Å². The molecule has 1 aromatic rings. The van der Waals surface area contributed by atoms with E-state index in [2.05, 4.69) is 0 Å². The molecule has 0 saturated heterocycles. The molecule has 0 heterocycles. The van der Waals surface area contributed by atoms with E-state index in [9.17, 15) is 4.79 Å². The Balaban J connectivity index is 3.02. The van der Waals surface area contributed by atoms with Gasteiger partial charge in [-0.05, 0) is 31.5 Å². The Kier molecular flexibility index (Phi) is 3.31. The second-order valence-electron chi connectivity index (χ2n) is 2.96. The number of aromatic carboxylic acids is 1. The molecular weight excluding hydrogens is 201 g/mol. The van der Waals surface area contributed by atoms with E-state index in [-0.39, 0.29) is 5.56 Å². The van der Waals surface area contributed by atoms with Crippen LogP contribution in [0.3, 0.4) is 0 Å². The standard InChI is InChI=1S/C9H12NO3P/c1-14(2)13-8-5-6(9(11)12)3-4-7(8)10/h3-5H,10H2,1-2H3,(H,11,12). The summed E-state index contributed by atoms with van der Waals surface area (Å²) in [4.78, 5) is 10.7. The molecular formula is C9H12NO3P. The number of benzene rings is 1. The van der Waals surface area contributed by atoms with Crippen LogP contribution in [0.25, 0.3) is 0 Å². The second kappa shape index (κ2) is 4.29. The monoisotopic (exact) mass is 213 g/mol. The molecule has 0 unspecified atom stereocenters. The third-order valence-corrected chi connectivity index (χ3v) is 2.10. The van der Waals surface area contributed by atoms with Crippen molar-refractivity contribution < 1.29 is 14.4 Å². The van der Waals surface area contributed by atoms with Gasteiger partial charge in [-0.3, -0.25) is 0 Å². The quantitative estimate of drug-likeness (QED) is 0.595. The van der Waals surface area contributed by atoms with Gasteiger partial charge in [-0.2, -0.15) is 0 Å². The van der Waals surface area contributed by atoms with E-state index in [1.165, 1.54) is 18.2 Å². The van der Waals surface area contributed by atoms with E-state index in [0.717, 1.165) is 0 Å². The molecule has 0 atom stereocenters. The van der Waals surface area contributed by atoms with Crippen LogP contribution in [0, 0.1) is 0 Å². The first-order chi connectivity index (χ1) is 6.50. The molecule has 0 aliphatic rings. The average Bonchev–Trinajstić information content (AvgIpc) is 2.07. The summed E-state index contributed by atoms with van der Waals surface area (Å²) in [5.41, 5.74) is 6.28. The van der Waals surface area contributed by atoms with Crippen molar-refractivity contribution in [2.75, 3.05) is 19.1 Å². The summed E-state index contributed by atoms with van der Waals surface area (Å²) in [5.74, 6) is -0.535. The van der Waals surface area contributed by atoms with Crippen molar-refractivity contribution in [2.24, 2.45) is 0 Å². The Morgan fingerprint density at radius 1 is 1.50 bits per heavy atom. The molecule has 5 heteroatoms. The highest BCUT2D eigenvalue weighted by Gasteiger charge is 2.08. The van der Waals surface area contributed by atoms with Gasteiger partial charge in [-0.1, -0.05) is 0 Å². The van der Waals surface area contributed by atoms with E-state index in [1.54, 1.807) is 0 Å². The predicted molar refractivity (Wildman–Crippen MR) is 57.2 cm³/mol. The molecule has 0 bridgehead atoms. The minimum Gasteiger partial charge on any atom is -0.478 e. The molecule has 3 N–H and O–H groups in total. The number of nitrogen functional groups attached to an aromatic ring is 1. The lowest BCUT2D eigenvalue weighted by Crippen LogP contribution is -1.99. The van der Waals surface area contributed by atoms with Gasteiger partial charge in [0.05, 0.1) is 19.4 Å². The molecule has 0 aliphatic heterocycles. The van der Waals surface area contributed by atoms with E-state index in [1.807, 2.05) is 13.3 Å². The Hall–Kier alpha value is -1.28. The lowest BCUT2D eigenvalue weighted by Gasteiger charge is -2.11. The molecule has 0 fully saturated rings. The minimum atomic E-state index is -0.980. The van der Waals surface area contributed by atoms with Crippen molar-refractivity contribution in [2.45, 2.75) is 0 Å². The molecule has 14 heavy (non-hydrogen) atoms. The number of hydrogen-bond acceptors (Lipinski definition) is 3. The zero-order valence-corrected chi connectivity index (χ0v) is 8.91. The fraction of sp³-hybridized carbons (Fsp3) is 0.222. The van der Waals surface area contributed by atoms with Crippen molar-refractivity contribution in [3.05, 3.63) is 23.8 Å². The summed E-state index contributed by atoms with van der Waals surface area (Å²) in [6.07, 6.45) is 0. The first-order valence-electron chi connectivity index (χ1n) is 3.99. The van der Waals surface area contributed by atoms with Crippen LogP contribution < -0.4 is 10.3 Å². The van der Waals surface area contributed by atoms with E-state index >= 15 is 0 Å². The Labute approximate surface area is 83.5 Å². The lowest BCUT2D eigenvalue weighted by molar-refractivity contribution is 0.0696. The first kappa shape index (κ1) is 10.8.